The molecule has 1 fully saturated rings. The number of aromatic nitrogens is 1. The zero-order valence-corrected chi connectivity index (χ0v) is 17.0. The van der Waals surface area contributed by atoms with E-state index in [-0.39, 0.29) is 11.9 Å². The number of pyridine rings is 1. The Balaban J connectivity index is 1.83. The summed E-state index contributed by atoms with van der Waals surface area (Å²) in [6.45, 7) is 9.72. The Morgan fingerprint density at radius 1 is 1.22 bits per heavy atom. The summed E-state index contributed by atoms with van der Waals surface area (Å²) < 4.78 is 10.4. The lowest BCUT2D eigenvalue weighted by atomic mass is 9.91. The molecule has 1 aromatic rings. The van der Waals surface area contributed by atoms with Gasteiger partial charge in [-0.2, -0.15) is 0 Å². The highest BCUT2D eigenvalue weighted by Gasteiger charge is 2.22. The van der Waals surface area contributed by atoms with Gasteiger partial charge in [0.05, 0.1) is 24.1 Å². The van der Waals surface area contributed by atoms with Crippen LogP contribution in [0.1, 0.15) is 70.2 Å². The second-order valence-electron chi connectivity index (χ2n) is 8.06. The maximum atomic E-state index is 12.2. The smallest absolute Gasteiger partial charge is 0.340 e. The minimum Gasteiger partial charge on any atom is -0.466 e. The lowest BCUT2D eigenvalue weighted by Gasteiger charge is -2.33. The van der Waals surface area contributed by atoms with E-state index in [4.69, 9.17) is 9.47 Å². The molecule has 0 radical (unpaired) electrons. The first-order valence-electron chi connectivity index (χ1n) is 9.87. The van der Waals surface area contributed by atoms with Gasteiger partial charge >= 0.3 is 11.9 Å². The van der Waals surface area contributed by atoms with Crippen LogP contribution in [0, 0.1) is 5.92 Å². The molecule has 6 heteroatoms. The van der Waals surface area contributed by atoms with Crippen molar-refractivity contribution in [1.29, 1.82) is 0 Å². The zero-order chi connectivity index (χ0) is 19.9. The number of hydrogen-bond acceptors (Lipinski definition) is 6. The summed E-state index contributed by atoms with van der Waals surface area (Å²) in [6.07, 6.45) is 7.98. The maximum absolute atomic E-state index is 12.2. The molecule has 0 aliphatic carbocycles. The summed E-state index contributed by atoms with van der Waals surface area (Å²) in [7, 11) is 0. The highest BCUT2D eigenvalue weighted by atomic mass is 16.6. The van der Waals surface area contributed by atoms with Crippen LogP contribution in [0.4, 0.5) is 5.69 Å². The molecular weight excluding hydrogens is 344 g/mol. The van der Waals surface area contributed by atoms with Crippen molar-refractivity contribution in [2.75, 3.05) is 24.6 Å². The SMILES string of the molecule is CCOC(=O)CCCC1CCN(c2cncc(C(=O)OC(C)(C)C)c2)CC1. The topological polar surface area (TPSA) is 68.7 Å². The Morgan fingerprint density at radius 2 is 1.93 bits per heavy atom. The second kappa shape index (κ2) is 9.72. The van der Waals surface area contributed by atoms with Gasteiger partial charge in [-0.1, -0.05) is 0 Å². The number of nitrogens with zero attached hydrogens (tertiary/aromatic N) is 2. The fourth-order valence-electron chi connectivity index (χ4n) is 3.30. The van der Waals surface area contributed by atoms with E-state index in [0.717, 1.165) is 44.5 Å². The van der Waals surface area contributed by atoms with Crippen LogP contribution in [-0.4, -0.2) is 42.2 Å². The summed E-state index contributed by atoms with van der Waals surface area (Å²) >= 11 is 0. The van der Waals surface area contributed by atoms with E-state index >= 15 is 0 Å². The maximum Gasteiger partial charge on any atom is 0.340 e. The molecule has 1 saturated heterocycles. The summed E-state index contributed by atoms with van der Waals surface area (Å²) in [5.74, 6) is 0.198. The summed E-state index contributed by atoms with van der Waals surface area (Å²) in [5.41, 5.74) is 0.928. The molecule has 27 heavy (non-hydrogen) atoms. The summed E-state index contributed by atoms with van der Waals surface area (Å²) in [6, 6.07) is 1.86. The van der Waals surface area contributed by atoms with Crippen molar-refractivity contribution in [3.8, 4) is 0 Å². The van der Waals surface area contributed by atoms with Gasteiger partial charge in [0.25, 0.3) is 0 Å². The van der Waals surface area contributed by atoms with Gasteiger partial charge in [0, 0.05) is 25.7 Å². The van der Waals surface area contributed by atoms with Crippen molar-refractivity contribution < 1.29 is 19.1 Å². The molecule has 0 spiro atoms. The van der Waals surface area contributed by atoms with Gasteiger partial charge < -0.3 is 14.4 Å². The Hall–Kier alpha value is -2.11. The Labute approximate surface area is 162 Å². The molecule has 1 aliphatic heterocycles. The van der Waals surface area contributed by atoms with Crippen LogP contribution in [-0.2, 0) is 14.3 Å². The third kappa shape index (κ3) is 7.19. The lowest BCUT2D eigenvalue weighted by molar-refractivity contribution is -0.143. The standard InChI is InChI=1S/C21H32N2O4/c1-5-26-19(24)8-6-7-16-9-11-23(12-10-16)18-13-17(14-22-15-18)20(25)27-21(2,3)4/h13-16H,5-12H2,1-4H3. The summed E-state index contributed by atoms with van der Waals surface area (Å²) in [5, 5.41) is 0. The van der Waals surface area contributed by atoms with E-state index in [1.807, 2.05) is 33.8 Å². The number of carbonyl (C=O) groups excluding carboxylic acids is 2. The third-order valence-electron chi connectivity index (χ3n) is 4.64. The molecule has 1 aromatic heterocycles. The highest BCUT2D eigenvalue weighted by molar-refractivity contribution is 5.90. The average molecular weight is 376 g/mol. The predicted octanol–water partition coefficient (Wildman–Crippen LogP) is 3.99. The van der Waals surface area contributed by atoms with Gasteiger partial charge in [-0.15, -0.1) is 0 Å². The molecule has 0 atom stereocenters. The van der Waals surface area contributed by atoms with Crippen molar-refractivity contribution >= 4 is 17.6 Å². The minimum absolute atomic E-state index is 0.0973. The van der Waals surface area contributed by atoms with Gasteiger partial charge in [0.1, 0.15) is 5.60 Å². The number of esters is 2. The fourth-order valence-corrected chi connectivity index (χ4v) is 3.30. The number of ether oxygens (including phenoxy) is 2. The summed E-state index contributed by atoms with van der Waals surface area (Å²) in [4.78, 5) is 30.2. The molecule has 2 rings (SSSR count). The second-order valence-corrected chi connectivity index (χ2v) is 8.06. The largest absolute Gasteiger partial charge is 0.466 e. The first kappa shape index (κ1) is 21.2. The molecule has 0 amide bonds. The Kier molecular flexibility index (Phi) is 7.63. The first-order chi connectivity index (χ1) is 12.8. The molecule has 0 unspecified atom stereocenters. The molecule has 0 aromatic carbocycles. The van der Waals surface area contributed by atoms with Gasteiger partial charge in [0.2, 0.25) is 0 Å². The molecule has 0 bridgehead atoms. The van der Waals surface area contributed by atoms with Crippen LogP contribution in [0.25, 0.3) is 0 Å². The fraction of sp³-hybridized carbons (Fsp3) is 0.667. The molecule has 6 nitrogen and oxygen atoms in total. The Morgan fingerprint density at radius 3 is 2.56 bits per heavy atom. The zero-order valence-electron chi connectivity index (χ0n) is 17.0. The molecular formula is C21H32N2O4. The van der Waals surface area contributed by atoms with Crippen LogP contribution in [0.3, 0.4) is 0 Å². The van der Waals surface area contributed by atoms with Crippen LogP contribution < -0.4 is 4.90 Å². The number of rotatable bonds is 7. The van der Waals surface area contributed by atoms with Crippen molar-refractivity contribution in [3.63, 3.8) is 0 Å². The van der Waals surface area contributed by atoms with Crippen LogP contribution >= 0.6 is 0 Å². The molecule has 150 valence electrons. The van der Waals surface area contributed by atoms with Crippen molar-refractivity contribution in [2.45, 2.75) is 65.4 Å². The predicted molar refractivity (Wildman–Crippen MR) is 105 cm³/mol. The third-order valence-corrected chi connectivity index (χ3v) is 4.64. The van der Waals surface area contributed by atoms with E-state index in [1.54, 1.807) is 12.4 Å². The molecule has 0 saturated carbocycles. The molecule has 0 N–H and O–H groups in total. The highest BCUT2D eigenvalue weighted by Crippen LogP contribution is 2.27. The lowest BCUT2D eigenvalue weighted by Crippen LogP contribution is -2.34. The van der Waals surface area contributed by atoms with E-state index in [1.165, 1.54) is 0 Å². The van der Waals surface area contributed by atoms with E-state index in [0.29, 0.717) is 24.5 Å². The number of anilines is 1. The van der Waals surface area contributed by atoms with Crippen molar-refractivity contribution in [1.82, 2.24) is 4.98 Å². The number of carbonyl (C=O) groups is 2. The van der Waals surface area contributed by atoms with Crippen LogP contribution in [0.15, 0.2) is 18.5 Å². The van der Waals surface area contributed by atoms with E-state index in [2.05, 4.69) is 9.88 Å². The quantitative estimate of drug-likeness (QED) is 0.670. The minimum atomic E-state index is -0.519. The van der Waals surface area contributed by atoms with Crippen molar-refractivity contribution in [3.05, 3.63) is 24.0 Å². The monoisotopic (exact) mass is 376 g/mol. The molecule has 1 aliphatic rings. The number of piperidine rings is 1. The first-order valence-corrected chi connectivity index (χ1v) is 9.87. The van der Waals surface area contributed by atoms with Gasteiger partial charge in [-0.3, -0.25) is 9.78 Å². The van der Waals surface area contributed by atoms with E-state index in [9.17, 15) is 9.59 Å². The molecule has 2 heterocycles. The normalized spacial score (nSPS) is 15.5. The van der Waals surface area contributed by atoms with Crippen LogP contribution in [0.5, 0.6) is 0 Å². The Bertz CT molecular complexity index is 631. The van der Waals surface area contributed by atoms with E-state index < -0.39 is 5.60 Å². The van der Waals surface area contributed by atoms with Gasteiger partial charge in [-0.25, -0.2) is 4.79 Å². The van der Waals surface area contributed by atoms with Crippen LogP contribution in [0.2, 0.25) is 0 Å². The van der Waals surface area contributed by atoms with Gasteiger partial charge in [-0.05, 0) is 65.4 Å². The van der Waals surface area contributed by atoms with Gasteiger partial charge in [0.15, 0.2) is 0 Å². The number of hydrogen-bond donors (Lipinski definition) is 0. The van der Waals surface area contributed by atoms with Crippen molar-refractivity contribution in [2.24, 2.45) is 5.92 Å². The average Bonchev–Trinajstić information content (AvgIpc) is 2.61.